The van der Waals surface area contributed by atoms with E-state index in [1.165, 1.54) is 12.8 Å². The molecule has 0 radical (unpaired) electrons. The van der Waals surface area contributed by atoms with Crippen LogP contribution in [0.1, 0.15) is 46.0 Å². The van der Waals surface area contributed by atoms with Gasteiger partial charge in [-0.05, 0) is 26.2 Å². The van der Waals surface area contributed by atoms with Gasteiger partial charge in [0, 0.05) is 12.6 Å². The van der Waals surface area contributed by atoms with E-state index in [1.54, 1.807) is 0 Å². The summed E-state index contributed by atoms with van der Waals surface area (Å²) in [5.41, 5.74) is 0. The van der Waals surface area contributed by atoms with Gasteiger partial charge in [-0.25, -0.2) is 8.42 Å². The smallest absolute Gasteiger partial charge is 0.154 e. The van der Waals surface area contributed by atoms with Crippen LogP contribution in [0, 0.1) is 0 Å². The van der Waals surface area contributed by atoms with Crippen molar-refractivity contribution in [3.8, 4) is 0 Å². The van der Waals surface area contributed by atoms with Crippen LogP contribution >= 0.6 is 0 Å². The molecular formula is C11H23NO2S. The maximum absolute atomic E-state index is 11.8. The minimum absolute atomic E-state index is 0.227. The maximum atomic E-state index is 11.8. The van der Waals surface area contributed by atoms with E-state index >= 15 is 0 Å². The van der Waals surface area contributed by atoms with Gasteiger partial charge in [-0.15, -0.1) is 0 Å². The van der Waals surface area contributed by atoms with Crippen LogP contribution in [0.5, 0.6) is 0 Å². The van der Waals surface area contributed by atoms with Crippen LogP contribution in [0.2, 0.25) is 0 Å². The lowest BCUT2D eigenvalue weighted by atomic mass is 10.3. The Bertz CT molecular complexity index is 270. The molecule has 0 heterocycles. The molecule has 0 aromatic rings. The molecule has 1 N–H and O–H groups in total. The SMILES string of the molecule is CCCCCS(=O)(=O)C(C)CNC1CC1. The van der Waals surface area contributed by atoms with Crippen molar-refractivity contribution >= 4 is 9.84 Å². The number of rotatable bonds is 8. The Morgan fingerprint density at radius 1 is 1.33 bits per heavy atom. The Hall–Kier alpha value is -0.0900. The molecule has 1 unspecified atom stereocenters. The highest BCUT2D eigenvalue weighted by Gasteiger charge is 2.25. The fraction of sp³-hybridized carbons (Fsp3) is 1.00. The number of hydrogen-bond acceptors (Lipinski definition) is 3. The summed E-state index contributed by atoms with van der Waals surface area (Å²) in [6.45, 7) is 4.53. The molecule has 1 fully saturated rings. The van der Waals surface area contributed by atoms with Gasteiger partial charge >= 0.3 is 0 Å². The van der Waals surface area contributed by atoms with Crippen LogP contribution < -0.4 is 5.32 Å². The summed E-state index contributed by atoms with van der Waals surface area (Å²) in [7, 11) is -2.86. The van der Waals surface area contributed by atoms with E-state index < -0.39 is 9.84 Å². The quantitative estimate of drug-likeness (QED) is 0.649. The third-order valence-electron chi connectivity index (χ3n) is 2.92. The van der Waals surface area contributed by atoms with Gasteiger partial charge < -0.3 is 5.32 Å². The zero-order valence-electron chi connectivity index (χ0n) is 9.83. The number of sulfone groups is 1. The lowest BCUT2D eigenvalue weighted by Crippen LogP contribution is -2.33. The van der Waals surface area contributed by atoms with Gasteiger partial charge in [-0.3, -0.25) is 0 Å². The van der Waals surface area contributed by atoms with Crippen molar-refractivity contribution in [3.05, 3.63) is 0 Å². The first-order valence-electron chi connectivity index (χ1n) is 6.01. The van der Waals surface area contributed by atoms with E-state index in [0.29, 0.717) is 18.3 Å². The summed E-state index contributed by atoms with van der Waals surface area (Å²) >= 11 is 0. The predicted octanol–water partition coefficient (Wildman–Crippen LogP) is 1.73. The third-order valence-corrected chi connectivity index (χ3v) is 5.17. The van der Waals surface area contributed by atoms with E-state index in [1.807, 2.05) is 6.92 Å². The highest BCUT2D eigenvalue weighted by atomic mass is 32.2. The van der Waals surface area contributed by atoms with Crippen molar-refractivity contribution in [3.63, 3.8) is 0 Å². The molecule has 1 saturated carbocycles. The molecule has 15 heavy (non-hydrogen) atoms. The lowest BCUT2D eigenvalue weighted by molar-refractivity contribution is 0.566. The standard InChI is InChI=1S/C11H23NO2S/c1-3-4-5-8-15(13,14)10(2)9-12-11-6-7-11/h10-12H,3-9H2,1-2H3. The first-order chi connectivity index (χ1) is 7.06. The highest BCUT2D eigenvalue weighted by Crippen LogP contribution is 2.19. The molecule has 0 amide bonds. The molecule has 4 heteroatoms. The molecule has 90 valence electrons. The van der Waals surface area contributed by atoms with E-state index in [0.717, 1.165) is 19.3 Å². The zero-order valence-corrected chi connectivity index (χ0v) is 10.6. The van der Waals surface area contributed by atoms with Gasteiger partial charge in [0.25, 0.3) is 0 Å². The fourth-order valence-corrected chi connectivity index (χ4v) is 2.86. The molecule has 1 aliphatic carbocycles. The van der Waals surface area contributed by atoms with Crippen LogP contribution in [-0.2, 0) is 9.84 Å². The second-order valence-electron chi connectivity index (χ2n) is 4.57. The van der Waals surface area contributed by atoms with Crippen molar-refractivity contribution in [2.75, 3.05) is 12.3 Å². The average molecular weight is 233 g/mol. The Morgan fingerprint density at radius 2 is 2.00 bits per heavy atom. The molecule has 3 nitrogen and oxygen atoms in total. The van der Waals surface area contributed by atoms with Crippen LogP contribution in [0.4, 0.5) is 0 Å². The molecule has 1 atom stereocenters. The highest BCUT2D eigenvalue weighted by molar-refractivity contribution is 7.92. The Balaban J connectivity index is 2.23. The van der Waals surface area contributed by atoms with Crippen molar-refractivity contribution < 1.29 is 8.42 Å². The van der Waals surface area contributed by atoms with Gasteiger partial charge in [0.05, 0.1) is 11.0 Å². The summed E-state index contributed by atoms with van der Waals surface area (Å²) in [5, 5.41) is 3.05. The molecule has 0 aromatic heterocycles. The van der Waals surface area contributed by atoms with Gasteiger partial charge in [-0.1, -0.05) is 19.8 Å². The van der Waals surface area contributed by atoms with Gasteiger partial charge in [0.2, 0.25) is 0 Å². The molecule has 0 bridgehead atoms. The average Bonchev–Trinajstić information content (AvgIpc) is 2.97. The normalized spacial score (nSPS) is 19.1. The monoisotopic (exact) mass is 233 g/mol. The number of nitrogens with one attached hydrogen (secondary N) is 1. The van der Waals surface area contributed by atoms with E-state index in [4.69, 9.17) is 0 Å². The van der Waals surface area contributed by atoms with Crippen molar-refractivity contribution in [1.82, 2.24) is 5.32 Å². The fourth-order valence-electron chi connectivity index (χ4n) is 1.50. The van der Waals surface area contributed by atoms with Crippen molar-refractivity contribution in [1.29, 1.82) is 0 Å². The molecule has 0 aromatic carbocycles. The molecule has 1 rings (SSSR count). The minimum atomic E-state index is -2.86. The second-order valence-corrected chi connectivity index (χ2v) is 7.11. The predicted molar refractivity (Wildman–Crippen MR) is 63.8 cm³/mol. The number of hydrogen-bond donors (Lipinski definition) is 1. The first-order valence-corrected chi connectivity index (χ1v) is 7.72. The van der Waals surface area contributed by atoms with E-state index in [9.17, 15) is 8.42 Å². The van der Waals surface area contributed by atoms with Crippen LogP contribution in [0.15, 0.2) is 0 Å². The van der Waals surface area contributed by atoms with E-state index in [-0.39, 0.29) is 5.25 Å². The zero-order chi connectivity index (χ0) is 11.3. The largest absolute Gasteiger partial charge is 0.313 e. The first kappa shape index (κ1) is 13.0. The van der Waals surface area contributed by atoms with Crippen LogP contribution in [-0.4, -0.2) is 32.0 Å². The molecular weight excluding hydrogens is 210 g/mol. The van der Waals surface area contributed by atoms with Crippen molar-refractivity contribution in [2.45, 2.75) is 57.2 Å². The molecule has 0 saturated heterocycles. The summed E-state index contributed by atoms with van der Waals surface area (Å²) in [6.07, 6.45) is 5.32. The maximum Gasteiger partial charge on any atom is 0.154 e. The number of unbranched alkanes of at least 4 members (excludes halogenated alkanes) is 2. The second kappa shape index (κ2) is 5.85. The Morgan fingerprint density at radius 3 is 2.53 bits per heavy atom. The summed E-state index contributed by atoms with van der Waals surface area (Å²) < 4.78 is 23.6. The van der Waals surface area contributed by atoms with Crippen molar-refractivity contribution in [2.24, 2.45) is 0 Å². The van der Waals surface area contributed by atoms with E-state index in [2.05, 4.69) is 12.2 Å². The Labute approximate surface area is 93.6 Å². The summed E-state index contributed by atoms with van der Waals surface area (Å²) in [6, 6.07) is 0.596. The van der Waals surface area contributed by atoms with Gasteiger partial charge in [0.15, 0.2) is 9.84 Å². The lowest BCUT2D eigenvalue weighted by Gasteiger charge is -2.13. The summed E-state index contributed by atoms with van der Waals surface area (Å²) in [4.78, 5) is 0. The molecule has 0 spiro atoms. The molecule has 0 aliphatic heterocycles. The minimum Gasteiger partial charge on any atom is -0.313 e. The van der Waals surface area contributed by atoms with Gasteiger partial charge in [0.1, 0.15) is 0 Å². The van der Waals surface area contributed by atoms with Crippen LogP contribution in [0.3, 0.4) is 0 Å². The van der Waals surface area contributed by atoms with Gasteiger partial charge in [-0.2, -0.15) is 0 Å². The van der Waals surface area contributed by atoms with Crippen LogP contribution in [0.25, 0.3) is 0 Å². The Kier molecular flexibility index (Phi) is 5.06. The topological polar surface area (TPSA) is 46.2 Å². The summed E-state index contributed by atoms with van der Waals surface area (Å²) in [5.74, 6) is 0.356. The molecule has 1 aliphatic rings. The third kappa shape index (κ3) is 4.98.